The molecule has 0 radical (unpaired) electrons. The summed E-state index contributed by atoms with van der Waals surface area (Å²) >= 11 is 0. The summed E-state index contributed by atoms with van der Waals surface area (Å²) in [4.78, 5) is 0. The second-order valence-electron chi connectivity index (χ2n) is 5.49. The molecule has 0 bridgehead atoms. The van der Waals surface area contributed by atoms with Crippen LogP contribution in [0.4, 0.5) is 8.78 Å². The molecule has 0 aliphatic rings. The fourth-order valence-corrected chi connectivity index (χ4v) is 2.86. The Labute approximate surface area is 145 Å². The summed E-state index contributed by atoms with van der Waals surface area (Å²) in [7, 11) is 0. The lowest BCUT2D eigenvalue weighted by atomic mass is 9.85. The van der Waals surface area contributed by atoms with E-state index in [0.717, 1.165) is 16.7 Å². The molecule has 0 saturated carbocycles. The summed E-state index contributed by atoms with van der Waals surface area (Å²) < 4.78 is 34.4. The highest BCUT2D eigenvalue weighted by molar-refractivity contribution is 5.45. The van der Waals surface area contributed by atoms with Crippen LogP contribution in [-0.4, -0.2) is 13.7 Å². The van der Waals surface area contributed by atoms with Gasteiger partial charge < -0.3 is 9.47 Å². The molecule has 3 aromatic rings. The normalized spacial score (nSPS) is 10.7. The number of hydrogen-bond acceptors (Lipinski definition) is 2. The van der Waals surface area contributed by atoms with E-state index in [1.54, 1.807) is 24.3 Å². The maximum atomic E-state index is 12.3. The molecule has 0 N–H and O–H groups in total. The quantitative estimate of drug-likeness (QED) is 0.530. The van der Waals surface area contributed by atoms with Crippen molar-refractivity contribution in [3.8, 4) is 11.5 Å². The van der Waals surface area contributed by atoms with Crippen LogP contribution in [0.5, 0.6) is 11.5 Å². The lowest BCUT2D eigenvalue weighted by Gasteiger charge is -2.19. The Balaban J connectivity index is 1.98. The van der Waals surface area contributed by atoms with Crippen LogP contribution < -0.4 is 9.47 Å². The summed E-state index contributed by atoms with van der Waals surface area (Å²) in [5, 5.41) is 0. The minimum Gasteiger partial charge on any atom is -0.463 e. The van der Waals surface area contributed by atoms with Gasteiger partial charge in [0.25, 0.3) is 0 Å². The highest BCUT2D eigenvalue weighted by atomic mass is 19.1. The van der Waals surface area contributed by atoms with E-state index in [1.807, 2.05) is 42.5 Å². The standard InChI is InChI=1S/C21H18F2O2/c22-14-24-19-10-6-17(7-11-19)21(16-4-2-1-3-5-16)18-8-12-20(13-9-18)25-15-23/h1-13,21H,14-15H2. The predicted molar refractivity (Wildman–Crippen MR) is 93.5 cm³/mol. The molecule has 4 heteroatoms. The van der Waals surface area contributed by atoms with Gasteiger partial charge in [0.05, 0.1) is 0 Å². The van der Waals surface area contributed by atoms with Crippen molar-refractivity contribution in [3.63, 3.8) is 0 Å². The molecule has 3 rings (SSSR count). The fraction of sp³-hybridized carbons (Fsp3) is 0.143. The molecule has 128 valence electrons. The largest absolute Gasteiger partial charge is 0.463 e. The number of halogens is 2. The molecular weight excluding hydrogens is 322 g/mol. The van der Waals surface area contributed by atoms with Crippen LogP contribution in [0.3, 0.4) is 0 Å². The van der Waals surface area contributed by atoms with Crippen LogP contribution >= 0.6 is 0 Å². The lowest BCUT2D eigenvalue weighted by molar-refractivity contribution is 0.191. The smallest absolute Gasteiger partial charge is 0.228 e. The SMILES string of the molecule is FCOc1ccc(C(c2ccccc2)c2ccc(OCF)cc2)cc1. The average molecular weight is 340 g/mol. The monoisotopic (exact) mass is 340 g/mol. The van der Waals surface area contributed by atoms with Crippen molar-refractivity contribution in [2.24, 2.45) is 0 Å². The molecule has 0 spiro atoms. The summed E-state index contributed by atoms with van der Waals surface area (Å²) in [6.45, 7) is -1.70. The third-order valence-electron chi connectivity index (χ3n) is 4.00. The minimum absolute atomic E-state index is 0.0000491. The molecule has 0 amide bonds. The molecule has 0 atom stereocenters. The van der Waals surface area contributed by atoms with E-state index in [1.165, 1.54) is 0 Å². The summed E-state index contributed by atoms with van der Waals surface area (Å²) in [6.07, 6.45) is 0. The Morgan fingerprint density at radius 3 is 1.36 bits per heavy atom. The first kappa shape index (κ1) is 17.0. The zero-order valence-corrected chi connectivity index (χ0v) is 13.6. The van der Waals surface area contributed by atoms with Gasteiger partial charge in [-0.15, -0.1) is 0 Å². The molecule has 25 heavy (non-hydrogen) atoms. The van der Waals surface area contributed by atoms with Gasteiger partial charge in [-0.25, -0.2) is 8.78 Å². The van der Waals surface area contributed by atoms with Crippen LogP contribution in [0.15, 0.2) is 78.9 Å². The number of hydrogen-bond donors (Lipinski definition) is 0. The highest BCUT2D eigenvalue weighted by Gasteiger charge is 2.16. The number of rotatable bonds is 7. The minimum atomic E-state index is -0.850. The first-order valence-corrected chi connectivity index (χ1v) is 7.94. The van der Waals surface area contributed by atoms with Crippen LogP contribution in [-0.2, 0) is 0 Å². The Hall–Kier alpha value is -2.88. The van der Waals surface area contributed by atoms with Crippen molar-refractivity contribution in [2.75, 3.05) is 13.7 Å². The average Bonchev–Trinajstić information content (AvgIpc) is 2.66. The maximum Gasteiger partial charge on any atom is 0.228 e. The van der Waals surface area contributed by atoms with Crippen LogP contribution in [0.25, 0.3) is 0 Å². The highest BCUT2D eigenvalue weighted by Crippen LogP contribution is 2.33. The topological polar surface area (TPSA) is 18.5 Å². The Bertz CT molecular complexity index is 722. The maximum absolute atomic E-state index is 12.3. The Morgan fingerprint density at radius 1 is 0.560 bits per heavy atom. The summed E-state index contributed by atoms with van der Waals surface area (Å²) in [5.74, 6) is 0.981. The molecule has 0 saturated heterocycles. The molecule has 0 fully saturated rings. The molecule has 2 nitrogen and oxygen atoms in total. The van der Waals surface area contributed by atoms with Crippen molar-refractivity contribution < 1.29 is 18.3 Å². The van der Waals surface area contributed by atoms with E-state index < -0.39 is 13.7 Å². The molecule has 0 heterocycles. The predicted octanol–water partition coefficient (Wildman–Crippen LogP) is 5.48. The van der Waals surface area contributed by atoms with Gasteiger partial charge in [-0.1, -0.05) is 54.6 Å². The first-order chi connectivity index (χ1) is 12.3. The summed E-state index contributed by atoms with van der Waals surface area (Å²) in [5.41, 5.74) is 3.23. The summed E-state index contributed by atoms with van der Waals surface area (Å²) in [6, 6.07) is 24.8. The van der Waals surface area contributed by atoms with Gasteiger partial charge in [0.2, 0.25) is 13.7 Å². The van der Waals surface area contributed by atoms with E-state index in [0.29, 0.717) is 11.5 Å². The van der Waals surface area contributed by atoms with Gasteiger partial charge in [0.15, 0.2) is 0 Å². The van der Waals surface area contributed by atoms with Crippen LogP contribution in [0, 0.1) is 0 Å². The van der Waals surface area contributed by atoms with Gasteiger partial charge in [-0.2, -0.15) is 0 Å². The second-order valence-corrected chi connectivity index (χ2v) is 5.49. The van der Waals surface area contributed by atoms with Crippen molar-refractivity contribution in [2.45, 2.75) is 5.92 Å². The fourth-order valence-electron chi connectivity index (χ4n) is 2.86. The second kappa shape index (κ2) is 8.29. The number of ether oxygens (including phenoxy) is 2. The van der Waals surface area contributed by atoms with Gasteiger partial charge in [-0.05, 0) is 41.0 Å². The van der Waals surface area contributed by atoms with Gasteiger partial charge in [0.1, 0.15) is 11.5 Å². The molecule has 0 aliphatic heterocycles. The number of alkyl halides is 2. The van der Waals surface area contributed by atoms with Crippen molar-refractivity contribution >= 4 is 0 Å². The zero-order valence-electron chi connectivity index (χ0n) is 13.6. The molecule has 3 aromatic carbocycles. The first-order valence-electron chi connectivity index (χ1n) is 7.94. The van der Waals surface area contributed by atoms with Gasteiger partial charge >= 0.3 is 0 Å². The Morgan fingerprint density at radius 2 is 0.960 bits per heavy atom. The van der Waals surface area contributed by atoms with Crippen molar-refractivity contribution in [3.05, 3.63) is 95.6 Å². The van der Waals surface area contributed by atoms with E-state index in [9.17, 15) is 8.78 Å². The van der Waals surface area contributed by atoms with Crippen LogP contribution in [0.2, 0.25) is 0 Å². The van der Waals surface area contributed by atoms with E-state index in [-0.39, 0.29) is 5.92 Å². The van der Waals surface area contributed by atoms with Crippen molar-refractivity contribution in [1.82, 2.24) is 0 Å². The molecule has 0 aromatic heterocycles. The Kier molecular flexibility index (Phi) is 5.62. The van der Waals surface area contributed by atoms with Crippen molar-refractivity contribution in [1.29, 1.82) is 0 Å². The molecule has 0 unspecified atom stereocenters. The third kappa shape index (κ3) is 4.15. The van der Waals surface area contributed by atoms with Crippen LogP contribution in [0.1, 0.15) is 22.6 Å². The lowest BCUT2D eigenvalue weighted by Crippen LogP contribution is -2.03. The number of benzene rings is 3. The van der Waals surface area contributed by atoms with Gasteiger partial charge in [0, 0.05) is 5.92 Å². The zero-order chi connectivity index (χ0) is 17.5. The molecule has 0 aliphatic carbocycles. The third-order valence-corrected chi connectivity index (χ3v) is 4.00. The van der Waals surface area contributed by atoms with Gasteiger partial charge in [-0.3, -0.25) is 0 Å². The van der Waals surface area contributed by atoms with E-state index in [2.05, 4.69) is 12.1 Å². The van der Waals surface area contributed by atoms with E-state index >= 15 is 0 Å². The molecular formula is C21H18F2O2. The van der Waals surface area contributed by atoms with E-state index in [4.69, 9.17) is 9.47 Å².